The number of methoxy groups -OCH3 is 1. The van der Waals surface area contributed by atoms with E-state index in [4.69, 9.17) is 15.6 Å². The van der Waals surface area contributed by atoms with Crippen LogP contribution >= 0.6 is 0 Å². The lowest BCUT2D eigenvalue weighted by Crippen LogP contribution is -2.41. The van der Waals surface area contributed by atoms with Crippen molar-refractivity contribution >= 4 is 23.6 Å². The molecule has 0 aromatic heterocycles. The van der Waals surface area contributed by atoms with E-state index in [0.717, 1.165) is 0 Å². The third-order valence-electron chi connectivity index (χ3n) is 2.61. The van der Waals surface area contributed by atoms with Crippen LogP contribution in [0.15, 0.2) is 24.3 Å². The number of hydrogen-bond donors (Lipinski definition) is 4. The Hall–Kier alpha value is -2.61. The number of benzene rings is 1. The number of nitrogens with one attached hydrogen (secondary N) is 2. The predicted molar refractivity (Wildman–Crippen MR) is 75.0 cm³/mol. The van der Waals surface area contributed by atoms with E-state index in [1.54, 1.807) is 12.1 Å². The largest absolute Gasteiger partial charge is 0.480 e. The highest BCUT2D eigenvalue weighted by Gasteiger charge is 2.20. The van der Waals surface area contributed by atoms with Gasteiger partial charge in [0.2, 0.25) is 0 Å². The Kier molecular flexibility index (Phi) is 6.15. The molecule has 1 aromatic carbocycles. The van der Waals surface area contributed by atoms with Gasteiger partial charge in [0.05, 0.1) is 0 Å². The number of primary amides is 1. The number of hydrogen-bond acceptors (Lipinski definition) is 4. The first kappa shape index (κ1) is 16.4. The highest BCUT2D eigenvalue weighted by Crippen LogP contribution is 2.10. The molecule has 21 heavy (non-hydrogen) atoms. The number of aliphatic carboxylic acids is 1. The minimum absolute atomic E-state index is 0.150. The number of carboxylic acids is 1. The smallest absolute Gasteiger partial charge is 0.326 e. The first-order valence-corrected chi connectivity index (χ1v) is 6.13. The summed E-state index contributed by atoms with van der Waals surface area (Å²) in [7, 11) is 1.44. The lowest BCUT2D eigenvalue weighted by Gasteiger charge is -2.14. The summed E-state index contributed by atoms with van der Waals surface area (Å²) in [6.07, 6.45) is 0.150. The van der Waals surface area contributed by atoms with Crippen LogP contribution in [0.4, 0.5) is 10.5 Å². The Bertz CT molecular complexity index is 532. The minimum Gasteiger partial charge on any atom is -0.480 e. The second-order valence-corrected chi connectivity index (χ2v) is 4.22. The van der Waals surface area contributed by atoms with E-state index >= 15 is 0 Å². The number of nitrogens with two attached hydrogens (primary N) is 1. The van der Waals surface area contributed by atoms with E-state index in [1.807, 2.05) is 0 Å². The molecule has 8 nitrogen and oxygen atoms in total. The van der Waals surface area contributed by atoms with Gasteiger partial charge >= 0.3 is 12.0 Å². The number of carbonyl (C=O) groups is 3. The quantitative estimate of drug-likeness (QED) is 0.578. The van der Waals surface area contributed by atoms with Crippen molar-refractivity contribution in [3.05, 3.63) is 29.8 Å². The van der Waals surface area contributed by atoms with Gasteiger partial charge in [0.25, 0.3) is 5.91 Å². The Morgan fingerprint density at radius 2 is 2.10 bits per heavy atom. The number of ether oxygens (including phenoxy) is 1. The molecule has 0 aliphatic heterocycles. The van der Waals surface area contributed by atoms with Gasteiger partial charge in [0.15, 0.2) is 0 Å². The second kappa shape index (κ2) is 7.85. The summed E-state index contributed by atoms with van der Waals surface area (Å²) in [6, 6.07) is 4.19. The van der Waals surface area contributed by atoms with Gasteiger partial charge in [0.1, 0.15) is 6.04 Å². The molecule has 0 bridgehead atoms. The zero-order chi connectivity index (χ0) is 15.8. The standard InChI is InChI=1S/C13H17N3O5/c1-21-6-5-10(12(18)19)16-11(17)8-3-2-4-9(7-8)15-13(14)20/h2-4,7,10H,5-6H2,1H3,(H,16,17)(H,18,19)(H3,14,15,20). The minimum atomic E-state index is -1.15. The van der Waals surface area contributed by atoms with Gasteiger partial charge in [-0.05, 0) is 18.2 Å². The fourth-order valence-electron chi connectivity index (χ4n) is 1.62. The van der Waals surface area contributed by atoms with Crippen molar-refractivity contribution < 1.29 is 24.2 Å². The average Bonchev–Trinajstić information content (AvgIpc) is 2.42. The summed E-state index contributed by atoms with van der Waals surface area (Å²) in [6.45, 7) is 0.209. The first-order chi connectivity index (χ1) is 9.93. The van der Waals surface area contributed by atoms with Crippen molar-refractivity contribution in [3.63, 3.8) is 0 Å². The number of rotatable bonds is 7. The lowest BCUT2D eigenvalue weighted by atomic mass is 10.1. The van der Waals surface area contributed by atoms with Crippen molar-refractivity contribution in [2.24, 2.45) is 5.73 Å². The Balaban J connectivity index is 2.77. The number of urea groups is 1. The van der Waals surface area contributed by atoms with E-state index in [-0.39, 0.29) is 18.6 Å². The number of anilines is 1. The monoisotopic (exact) mass is 295 g/mol. The predicted octanol–water partition coefficient (Wildman–Crippen LogP) is 0.397. The summed E-state index contributed by atoms with van der Waals surface area (Å²) < 4.78 is 4.80. The number of amides is 3. The summed E-state index contributed by atoms with van der Waals surface area (Å²) in [5.74, 6) is -1.71. The maximum absolute atomic E-state index is 12.0. The summed E-state index contributed by atoms with van der Waals surface area (Å²) in [5, 5.41) is 13.7. The topological polar surface area (TPSA) is 131 Å². The molecule has 8 heteroatoms. The van der Waals surface area contributed by atoms with Crippen LogP contribution in [0.1, 0.15) is 16.8 Å². The molecule has 114 valence electrons. The van der Waals surface area contributed by atoms with Crippen molar-refractivity contribution in [2.45, 2.75) is 12.5 Å². The number of carbonyl (C=O) groups excluding carboxylic acids is 2. The van der Waals surface area contributed by atoms with Gasteiger partial charge in [-0.2, -0.15) is 0 Å². The van der Waals surface area contributed by atoms with Crippen LogP contribution in [0.2, 0.25) is 0 Å². The van der Waals surface area contributed by atoms with Crippen LogP contribution in [0.3, 0.4) is 0 Å². The van der Waals surface area contributed by atoms with Crippen molar-refractivity contribution in [1.29, 1.82) is 0 Å². The van der Waals surface area contributed by atoms with Gasteiger partial charge in [-0.3, -0.25) is 4.79 Å². The molecule has 1 unspecified atom stereocenters. The molecule has 0 saturated heterocycles. The normalized spacial score (nSPS) is 11.5. The van der Waals surface area contributed by atoms with Gasteiger partial charge < -0.3 is 26.2 Å². The van der Waals surface area contributed by atoms with Gasteiger partial charge in [-0.1, -0.05) is 6.07 Å². The molecular weight excluding hydrogens is 278 g/mol. The molecule has 0 saturated carbocycles. The van der Waals surface area contributed by atoms with E-state index < -0.39 is 23.9 Å². The first-order valence-electron chi connectivity index (χ1n) is 6.13. The van der Waals surface area contributed by atoms with E-state index in [0.29, 0.717) is 5.69 Å². The lowest BCUT2D eigenvalue weighted by molar-refractivity contribution is -0.139. The second-order valence-electron chi connectivity index (χ2n) is 4.22. The van der Waals surface area contributed by atoms with E-state index in [1.165, 1.54) is 19.2 Å². The molecule has 0 aliphatic carbocycles. The Morgan fingerprint density at radius 1 is 1.38 bits per heavy atom. The summed E-state index contributed by atoms with van der Waals surface area (Å²) >= 11 is 0. The Morgan fingerprint density at radius 3 is 2.67 bits per heavy atom. The molecule has 1 atom stereocenters. The van der Waals surface area contributed by atoms with Crippen LogP contribution in [-0.4, -0.2) is 42.8 Å². The molecule has 0 spiro atoms. The van der Waals surface area contributed by atoms with Crippen LogP contribution in [0, 0.1) is 0 Å². The van der Waals surface area contributed by atoms with E-state index in [9.17, 15) is 14.4 Å². The van der Waals surface area contributed by atoms with Crippen molar-refractivity contribution in [2.75, 3.05) is 19.0 Å². The molecule has 5 N–H and O–H groups in total. The van der Waals surface area contributed by atoms with Crippen molar-refractivity contribution in [3.8, 4) is 0 Å². The summed E-state index contributed by atoms with van der Waals surface area (Å²) in [4.78, 5) is 33.8. The molecular formula is C13H17N3O5. The van der Waals surface area contributed by atoms with Gasteiger partial charge in [-0.25, -0.2) is 9.59 Å². The third-order valence-corrected chi connectivity index (χ3v) is 2.61. The molecule has 0 fully saturated rings. The molecule has 1 rings (SSSR count). The fourth-order valence-corrected chi connectivity index (χ4v) is 1.62. The van der Waals surface area contributed by atoms with Crippen molar-refractivity contribution in [1.82, 2.24) is 5.32 Å². The molecule has 3 amide bonds. The molecule has 0 aliphatic rings. The van der Waals surface area contributed by atoms with E-state index in [2.05, 4.69) is 10.6 Å². The average molecular weight is 295 g/mol. The third kappa shape index (κ3) is 5.49. The number of carboxylic acid groups (broad SMARTS) is 1. The molecule has 1 aromatic rings. The molecule has 0 heterocycles. The fraction of sp³-hybridized carbons (Fsp3) is 0.308. The van der Waals surface area contributed by atoms with Crippen LogP contribution < -0.4 is 16.4 Å². The highest BCUT2D eigenvalue weighted by molar-refractivity contribution is 5.98. The van der Waals surface area contributed by atoms with Gasteiger partial charge in [0, 0.05) is 31.4 Å². The summed E-state index contributed by atoms with van der Waals surface area (Å²) in [5.41, 5.74) is 5.54. The van der Waals surface area contributed by atoms with Crippen LogP contribution in [0.25, 0.3) is 0 Å². The Labute approximate surface area is 121 Å². The van der Waals surface area contributed by atoms with Crippen LogP contribution in [0.5, 0.6) is 0 Å². The van der Waals surface area contributed by atoms with Gasteiger partial charge in [-0.15, -0.1) is 0 Å². The maximum atomic E-state index is 12.0. The SMILES string of the molecule is COCCC(NC(=O)c1cccc(NC(N)=O)c1)C(=O)O. The zero-order valence-corrected chi connectivity index (χ0v) is 11.5. The zero-order valence-electron chi connectivity index (χ0n) is 11.5. The van der Waals surface area contributed by atoms with Crippen LogP contribution in [-0.2, 0) is 9.53 Å². The highest BCUT2D eigenvalue weighted by atomic mass is 16.5. The maximum Gasteiger partial charge on any atom is 0.326 e. The molecule has 0 radical (unpaired) electrons.